The summed E-state index contributed by atoms with van der Waals surface area (Å²) in [6.45, 7) is 1.93. The maximum atomic E-state index is 12.1. The van der Waals surface area contributed by atoms with E-state index in [1.165, 1.54) is 12.8 Å². The molecule has 5 heteroatoms. The van der Waals surface area contributed by atoms with Crippen LogP contribution in [0.5, 0.6) is 0 Å². The smallest absolute Gasteiger partial charge is 0.272 e. The fourth-order valence-corrected chi connectivity index (χ4v) is 2.04. The maximum Gasteiger partial charge on any atom is 0.272 e. The van der Waals surface area contributed by atoms with Crippen LogP contribution >= 0.6 is 0 Å². The average molecular weight is 256 g/mol. The highest BCUT2D eigenvalue weighted by Gasteiger charge is 2.26. The summed E-state index contributed by atoms with van der Waals surface area (Å²) in [7, 11) is 0. The number of nitrogens with zero attached hydrogens (tertiary/aromatic N) is 2. The molecule has 0 radical (unpaired) electrons. The van der Waals surface area contributed by atoms with Gasteiger partial charge in [0.2, 0.25) is 0 Å². The van der Waals surface area contributed by atoms with Crippen molar-refractivity contribution < 1.29 is 4.79 Å². The summed E-state index contributed by atoms with van der Waals surface area (Å²) < 4.78 is 0. The summed E-state index contributed by atoms with van der Waals surface area (Å²) in [6, 6.07) is 5.57. The Morgan fingerprint density at radius 1 is 1.53 bits per heavy atom. The van der Waals surface area contributed by atoms with Gasteiger partial charge in [-0.1, -0.05) is 6.07 Å². The van der Waals surface area contributed by atoms with Gasteiger partial charge in [0.1, 0.15) is 5.69 Å². The Balaban J connectivity index is 1.66. The van der Waals surface area contributed by atoms with E-state index in [1.807, 2.05) is 25.1 Å². The number of carbonyl (C=O) groups excluding carboxylic acids is 1. The summed E-state index contributed by atoms with van der Waals surface area (Å²) in [5.41, 5.74) is 2.51. The molecule has 3 rings (SSSR count). The second kappa shape index (κ2) is 4.84. The molecule has 0 bridgehead atoms. The topological polar surface area (TPSA) is 70.7 Å². The van der Waals surface area contributed by atoms with Crippen molar-refractivity contribution in [3.05, 3.63) is 47.5 Å². The van der Waals surface area contributed by atoms with Crippen molar-refractivity contribution in [2.45, 2.75) is 31.7 Å². The lowest BCUT2D eigenvalue weighted by Gasteiger charge is -2.12. The molecular weight excluding hydrogens is 240 g/mol. The van der Waals surface area contributed by atoms with Gasteiger partial charge < -0.3 is 5.32 Å². The SMILES string of the molecule is C[C@H](NC(=O)c1cc(C2CC2)[nH]n1)c1cccnc1. The molecule has 2 heterocycles. The standard InChI is InChI=1S/C14H16N4O/c1-9(11-3-2-6-15-8-11)16-14(19)13-7-12(17-18-13)10-4-5-10/h2-3,6-10H,4-5H2,1H3,(H,16,19)(H,17,18)/t9-/m0/s1. The van der Waals surface area contributed by atoms with Gasteiger partial charge in [-0.15, -0.1) is 0 Å². The minimum atomic E-state index is -0.153. The number of rotatable bonds is 4. The Kier molecular flexibility index (Phi) is 3.03. The third-order valence-electron chi connectivity index (χ3n) is 3.38. The number of nitrogens with one attached hydrogen (secondary N) is 2. The Morgan fingerprint density at radius 2 is 2.37 bits per heavy atom. The Bertz CT molecular complexity index is 574. The largest absolute Gasteiger partial charge is 0.344 e. The van der Waals surface area contributed by atoms with Crippen molar-refractivity contribution in [3.8, 4) is 0 Å². The minimum Gasteiger partial charge on any atom is -0.344 e. The first-order valence-corrected chi connectivity index (χ1v) is 6.50. The normalized spacial score (nSPS) is 16.1. The van der Waals surface area contributed by atoms with Gasteiger partial charge in [-0.25, -0.2) is 0 Å². The number of hydrogen-bond acceptors (Lipinski definition) is 3. The van der Waals surface area contributed by atoms with E-state index in [4.69, 9.17) is 0 Å². The maximum absolute atomic E-state index is 12.1. The molecule has 0 unspecified atom stereocenters. The average Bonchev–Trinajstić information content (AvgIpc) is 3.17. The summed E-state index contributed by atoms with van der Waals surface area (Å²) >= 11 is 0. The first kappa shape index (κ1) is 11.9. The molecule has 5 nitrogen and oxygen atoms in total. The van der Waals surface area contributed by atoms with Crippen molar-refractivity contribution in [2.75, 3.05) is 0 Å². The number of amides is 1. The van der Waals surface area contributed by atoms with Crippen LogP contribution in [-0.4, -0.2) is 21.1 Å². The summed E-state index contributed by atoms with van der Waals surface area (Å²) in [5, 5.41) is 9.93. The first-order valence-electron chi connectivity index (χ1n) is 6.50. The van der Waals surface area contributed by atoms with Crippen LogP contribution in [0, 0.1) is 0 Å². The number of hydrogen-bond donors (Lipinski definition) is 2. The van der Waals surface area contributed by atoms with Crippen molar-refractivity contribution in [1.82, 2.24) is 20.5 Å². The fourth-order valence-electron chi connectivity index (χ4n) is 2.04. The number of pyridine rings is 1. The number of aromatic amines is 1. The Morgan fingerprint density at radius 3 is 3.05 bits per heavy atom. The zero-order valence-electron chi connectivity index (χ0n) is 10.8. The second-order valence-electron chi connectivity index (χ2n) is 4.96. The van der Waals surface area contributed by atoms with Gasteiger partial charge in [0.15, 0.2) is 0 Å². The fraction of sp³-hybridized carbons (Fsp3) is 0.357. The molecule has 2 aromatic rings. The third-order valence-corrected chi connectivity index (χ3v) is 3.38. The minimum absolute atomic E-state index is 0.0812. The molecule has 1 amide bonds. The summed E-state index contributed by atoms with van der Waals surface area (Å²) in [6.07, 6.45) is 5.85. The Hall–Kier alpha value is -2.17. The quantitative estimate of drug-likeness (QED) is 0.880. The van der Waals surface area contributed by atoms with Crippen molar-refractivity contribution in [3.63, 3.8) is 0 Å². The van der Waals surface area contributed by atoms with Gasteiger partial charge in [-0.2, -0.15) is 5.10 Å². The highest BCUT2D eigenvalue weighted by Crippen LogP contribution is 2.38. The van der Waals surface area contributed by atoms with E-state index in [0.29, 0.717) is 11.6 Å². The third kappa shape index (κ3) is 2.65. The lowest BCUT2D eigenvalue weighted by Crippen LogP contribution is -2.27. The van der Waals surface area contributed by atoms with Gasteiger partial charge >= 0.3 is 0 Å². The molecule has 0 saturated heterocycles. The molecule has 2 N–H and O–H groups in total. The molecule has 0 aromatic carbocycles. The van der Waals surface area contributed by atoms with E-state index < -0.39 is 0 Å². The highest BCUT2D eigenvalue weighted by molar-refractivity contribution is 5.92. The van der Waals surface area contributed by atoms with Gasteiger partial charge in [0.05, 0.1) is 6.04 Å². The monoisotopic (exact) mass is 256 g/mol. The van der Waals surface area contributed by atoms with Crippen LogP contribution in [0.1, 0.15) is 53.5 Å². The molecule has 98 valence electrons. The van der Waals surface area contributed by atoms with E-state index >= 15 is 0 Å². The molecule has 19 heavy (non-hydrogen) atoms. The Labute approximate surface area is 111 Å². The molecule has 1 atom stereocenters. The van der Waals surface area contributed by atoms with Gasteiger partial charge in [-0.3, -0.25) is 14.9 Å². The first-order chi connectivity index (χ1) is 9.24. The summed E-state index contributed by atoms with van der Waals surface area (Å²) in [5.74, 6) is 0.421. The van der Waals surface area contributed by atoms with E-state index in [9.17, 15) is 4.79 Å². The number of aromatic nitrogens is 3. The highest BCUT2D eigenvalue weighted by atomic mass is 16.2. The van der Waals surface area contributed by atoms with Crippen molar-refractivity contribution >= 4 is 5.91 Å². The molecule has 1 saturated carbocycles. The molecular formula is C14H16N4O. The predicted molar refractivity (Wildman–Crippen MR) is 70.7 cm³/mol. The summed E-state index contributed by atoms with van der Waals surface area (Å²) in [4.78, 5) is 16.1. The zero-order chi connectivity index (χ0) is 13.2. The van der Waals surface area contributed by atoms with Crippen LogP contribution in [0.2, 0.25) is 0 Å². The van der Waals surface area contributed by atoms with Gasteiger partial charge in [0.25, 0.3) is 5.91 Å². The van der Waals surface area contributed by atoms with Crippen LogP contribution in [0.15, 0.2) is 30.6 Å². The molecule has 2 aromatic heterocycles. The second-order valence-corrected chi connectivity index (χ2v) is 4.96. The lowest BCUT2D eigenvalue weighted by atomic mass is 10.1. The number of H-pyrrole nitrogens is 1. The molecule has 0 spiro atoms. The van der Waals surface area contributed by atoms with E-state index in [-0.39, 0.29) is 11.9 Å². The molecule has 1 aliphatic rings. The van der Waals surface area contributed by atoms with E-state index in [0.717, 1.165) is 11.3 Å². The van der Waals surface area contributed by atoms with E-state index in [2.05, 4.69) is 20.5 Å². The van der Waals surface area contributed by atoms with Crippen LogP contribution < -0.4 is 5.32 Å². The van der Waals surface area contributed by atoms with Crippen LogP contribution in [0.4, 0.5) is 0 Å². The number of carbonyl (C=O) groups is 1. The van der Waals surface area contributed by atoms with E-state index in [1.54, 1.807) is 12.4 Å². The van der Waals surface area contributed by atoms with Crippen molar-refractivity contribution in [2.24, 2.45) is 0 Å². The lowest BCUT2D eigenvalue weighted by molar-refractivity contribution is 0.0935. The van der Waals surface area contributed by atoms with Crippen LogP contribution in [0.3, 0.4) is 0 Å². The van der Waals surface area contributed by atoms with Gasteiger partial charge in [-0.05, 0) is 37.5 Å². The van der Waals surface area contributed by atoms with Crippen molar-refractivity contribution in [1.29, 1.82) is 0 Å². The molecule has 0 aliphatic heterocycles. The van der Waals surface area contributed by atoms with Crippen LogP contribution in [0.25, 0.3) is 0 Å². The van der Waals surface area contributed by atoms with Gasteiger partial charge in [0, 0.05) is 24.0 Å². The molecule has 1 fully saturated rings. The predicted octanol–water partition coefficient (Wildman–Crippen LogP) is 2.17. The molecule has 1 aliphatic carbocycles. The van der Waals surface area contributed by atoms with Crippen LogP contribution in [-0.2, 0) is 0 Å². The zero-order valence-corrected chi connectivity index (χ0v) is 10.8.